The van der Waals surface area contributed by atoms with Crippen molar-refractivity contribution in [1.29, 1.82) is 0 Å². The molecule has 0 bridgehead atoms. The van der Waals surface area contributed by atoms with Crippen molar-refractivity contribution < 1.29 is 23.5 Å². The third-order valence-corrected chi connectivity index (χ3v) is 6.40. The van der Waals surface area contributed by atoms with E-state index in [9.17, 15) is 9.59 Å². The second kappa shape index (κ2) is 9.90. The van der Waals surface area contributed by atoms with E-state index in [1.54, 1.807) is 6.07 Å². The average molecular weight is 436 g/mol. The van der Waals surface area contributed by atoms with Gasteiger partial charge >= 0.3 is 5.97 Å². The Balaban J connectivity index is 1.43. The van der Waals surface area contributed by atoms with Crippen LogP contribution in [0.1, 0.15) is 49.2 Å². The predicted molar refractivity (Wildman–Crippen MR) is 121 cm³/mol. The van der Waals surface area contributed by atoms with Gasteiger partial charge in [-0.25, -0.2) is 4.79 Å². The summed E-state index contributed by atoms with van der Waals surface area (Å²) < 4.78 is 16.9. The largest absolute Gasteiger partial charge is 0.489 e. The summed E-state index contributed by atoms with van der Waals surface area (Å²) in [6.07, 6.45) is 3.23. The molecule has 3 atom stereocenters. The number of esters is 1. The van der Waals surface area contributed by atoms with Gasteiger partial charge in [0.1, 0.15) is 17.9 Å². The molecule has 4 rings (SSSR count). The zero-order chi connectivity index (χ0) is 22.5. The van der Waals surface area contributed by atoms with Gasteiger partial charge in [-0.2, -0.15) is 0 Å². The molecule has 168 valence electrons. The summed E-state index contributed by atoms with van der Waals surface area (Å²) in [4.78, 5) is 25.2. The van der Waals surface area contributed by atoms with Crippen LogP contribution in [0.5, 0.6) is 5.75 Å². The molecule has 1 N–H and O–H groups in total. The van der Waals surface area contributed by atoms with Gasteiger partial charge in [-0.05, 0) is 36.5 Å². The fraction of sp³-hybridized carbons (Fsp3) is 0.385. The smallest absolute Gasteiger partial charge is 0.375 e. The number of hydrogen-bond donors (Lipinski definition) is 1. The summed E-state index contributed by atoms with van der Waals surface area (Å²) in [6, 6.07) is 16.8. The Morgan fingerprint density at radius 3 is 2.59 bits per heavy atom. The van der Waals surface area contributed by atoms with Crippen molar-refractivity contribution in [3.05, 3.63) is 65.9 Å². The van der Waals surface area contributed by atoms with Crippen molar-refractivity contribution in [3.63, 3.8) is 0 Å². The van der Waals surface area contributed by atoms with Gasteiger partial charge in [-0.15, -0.1) is 0 Å². The van der Waals surface area contributed by atoms with Crippen LogP contribution in [-0.4, -0.2) is 24.5 Å². The topological polar surface area (TPSA) is 77.8 Å². The quantitative estimate of drug-likeness (QED) is 0.522. The highest BCUT2D eigenvalue weighted by molar-refractivity contribution is 5.96. The maximum atomic E-state index is 12.8. The number of carbonyl (C=O) groups is 2. The van der Waals surface area contributed by atoms with Gasteiger partial charge in [0.2, 0.25) is 5.76 Å². The fourth-order valence-electron chi connectivity index (χ4n) is 4.31. The molecule has 1 amide bonds. The summed E-state index contributed by atoms with van der Waals surface area (Å²) in [5.74, 6) is 0.761. The van der Waals surface area contributed by atoms with E-state index in [4.69, 9.17) is 13.9 Å². The van der Waals surface area contributed by atoms with Crippen molar-refractivity contribution in [2.24, 2.45) is 11.8 Å². The summed E-state index contributed by atoms with van der Waals surface area (Å²) in [5.41, 5.74) is 1.17. The van der Waals surface area contributed by atoms with Crippen molar-refractivity contribution in [2.45, 2.75) is 45.8 Å². The lowest BCUT2D eigenvalue weighted by atomic mass is 9.78. The van der Waals surface area contributed by atoms with Gasteiger partial charge in [0.15, 0.2) is 6.61 Å². The average Bonchev–Trinajstić information content (AvgIpc) is 3.18. The normalized spacial score (nSPS) is 20.6. The number of para-hydroxylation sites is 2. The van der Waals surface area contributed by atoms with Gasteiger partial charge in [0, 0.05) is 11.4 Å². The Bertz CT molecular complexity index is 1070. The maximum Gasteiger partial charge on any atom is 0.375 e. The summed E-state index contributed by atoms with van der Waals surface area (Å²) >= 11 is 0. The minimum absolute atomic E-state index is 0.0644. The van der Waals surface area contributed by atoms with Crippen molar-refractivity contribution in [2.75, 3.05) is 6.61 Å². The number of benzene rings is 2. The number of rotatable bonds is 7. The first-order valence-corrected chi connectivity index (χ1v) is 11.2. The Kier molecular flexibility index (Phi) is 6.78. The lowest BCUT2D eigenvalue weighted by Gasteiger charge is -2.34. The Morgan fingerprint density at radius 1 is 1.03 bits per heavy atom. The van der Waals surface area contributed by atoms with Crippen LogP contribution < -0.4 is 10.1 Å². The zero-order valence-corrected chi connectivity index (χ0v) is 18.5. The van der Waals surface area contributed by atoms with E-state index in [-0.39, 0.29) is 30.9 Å². The molecule has 1 aliphatic rings. The first-order chi connectivity index (χ1) is 15.5. The third kappa shape index (κ3) is 4.96. The first-order valence-electron chi connectivity index (χ1n) is 11.2. The Morgan fingerprint density at radius 2 is 1.78 bits per heavy atom. The first kappa shape index (κ1) is 21.9. The highest BCUT2D eigenvalue weighted by atomic mass is 16.5. The molecule has 1 aromatic heterocycles. The van der Waals surface area contributed by atoms with Crippen LogP contribution in [0.25, 0.3) is 11.0 Å². The lowest BCUT2D eigenvalue weighted by Crippen LogP contribution is -2.45. The second-order valence-electron chi connectivity index (χ2n) is 8.53. The van der Waals surface area contributed by atoms with E-state index in [0.29, 0.717) is 28.7 Å². The number of hydrogen-bond acceptors (Lipinski definition) is 5. The van der Waals surface area contributed by atoms with Gasteiger partial charge in [-0.1, -0.05) is 63.1 Å². The van der Waals surface area contributed by atoms with Crippen LogP contribution in [0.3, 0.4) is 0 Å². The number of fused-ring (bicyclic) bond motifs is 1. The molecule has 3 aromatic rings. The van der Waals surface area contributed by atoms with E-state index in [1.165, 1.54) is 6.42 Å². The minimum Gasteiger partial charge on any atom is -0.489 e. The monoisotopic (exact) mass is 435 g/mol. The SMILES string of the molecule is CC1CCCC(NC(=O)COC(=O)c2oc3ccccc3c2COc2ccccc2)C1C. The molecule has 2 aromatic carbocycles. The summed E-state index contributed by atoms with van der Waals surface area (Å²) in [5, 5.41) is 3.80. The van der Waals surface area contributed by atoms with Crippen molar-refractivity contribution in [3.8, 4) is 5.75 Å². The molecule has 32 heavy (non-hydrogen) atoms. The molecule has 1 fully saturated rings. The maximum absolute atomic E-state index is 12.8. The van der Waals surface area contributed by atoms with E-state index in [2.05, 4.69) is 19.2 Å². The molecule has 0 aliphatic heterocycles. The molecule has 6 nitrogen and oxygen atoms in total. The minimum atomic E-state index is -0.673. The molecule has 1 saturated carbocycles. The van der Waals surface area contributed by atoms with Gasteiger partial charge in [-0.3, -0.25) is 4.79 Å². The molecular formula is C26H29NO5. The molecular weight excluding hydrogens is 406 g/mol. The van der Waals surface area contributed by atoms with E-state index < -0.39 is 5.97 Å². The third-order valence-electron chi connectivity index (χ3n) is 6.40. The van der Waals surface area contributed by atoms with Crippen LogP contribution in [0, 0.1) is 11.8 Å². The van der Waals surface area contributed by atoms with Crippen molar-refractivity contribution in [1.82, 2.24) is 5.32 Å². The van der Waals surface area contributed by atoms with E-state index >= 15 is 0 Å². The fourth-order valence-corrected chi connectivity index (χ4v) is 4.31. The summed E-state index contributed by atoms with van der Waals surface area (Å²) in [7, 11) is 0. The molecule has 0 spiro atoms. The lowest BCUT2D eigenvalue weighted by molar-refractivity contribution is -0.125. The summed E-state index contributed by atoms with van der Waals surface area (Å²) in [6.45, 7) is 4.18. The number of nitrogens with one attached hydrogen (secondary N) is 1. The standard InChI is InChI=1S/C26H29NO5/c1-17-9-8-13-22(18(17)2)27-24(28)16-31-26(29)25-21(15-30-19-10-4-3-5-11-19)20-12-6-7-14-23(20)32-25/h3-7,10-12,14,17-18,22H,8-9,13,15-16H2,1-2H3,(H,27,28). The van der Waals surface area contributed by atoms with E-state index in [1.807, 2.05) is 48.5 Å². The molecule has 0 saturated heterocycles. The zero-order valence-electron chi connectivity index (χ0n) is 18.5. The molecule has 1 heterocycles. The van der Waals surface area contributed by atoms with Gasteiger partial charge in [0.05, 0.1) is 5.56 Å². The highest BCUT2D eigenvalue weighted by Gasteiger charge is 2.29. The predicted octanol–water partition coefficient (Wildman–Crippen LogP) is 5.11. The van der Waals surface area contributed by atoms with Gasteiger partial charge < -0.3 is 19.2 Å². The van der Waals surface area contributed by atoms with Crippen LogP contribution >= 0.6 is 0 Å². The number of amides is 1. The van der Waals surface area contributed by atoms with Crippen LogP contribution in [0.15, 0.2) is 59.0 Å². The van der Waals surface area contributed by atoms with Crippen LogP contribution in [0.4, 0.5) is 0 Å². The Hall–Kier alpha value is -3.28. The molecule has 0 radical (unpaired) electrons. The van der Waals surface area contributed by atoms with E-state index in [0.717, 1.165) is 18.2 Å². The number of carbonyl (C=O) groups excluding carboxylic acids is 2. The number of ether oxygens (including phenoxy) is 2. The highest BCUT2D eigenvalue weighted by Crippen LogP contribution is 2.30. The van der Waals surface area contributed by atoms with Crippen molar-refractivity contribution >= 4 is 22.8 Å². The second-order valence-corrected chi connectivity index (χ2v) is 8.53. The van der Waals surface area contributed by atoms with Crippen LogP contribution in [0.2, 0.25) is 0 Å². The molecule has 6 heteroatoms. The Labute approximate surface area is 187 Å². The number of furan rings is 1. The molecule has 1 aliphatic carbocycles. The van der Waals surface area contributed by atoms with Gasteiger partial charge in [0.25, 0.3) is 5.91 Å². The van der Waals surface area contributed by atoms with Crippen LogP contribution in [-0.2, 0) is 16.1 Å². The molecule has 3 unspecified atom stereocenters.